The third-order valence-corrected chi connectivity index (χ3v) is 6.94. The van der Waals surface area contributed by atoms with E-state index in [-0.39, 0.29) is 29.4 Å². The molecule has 11 heteroatoms. The summed E-state index contributed by atoms with van der Waals surface area (Å²) in [6, 6.07) is 7.29. The monoisotopic (exact) mass is 490 g/mol. The van der Waals surface area contributed by atoms with Crippen molar-refractivity contribution in [2.75, 3.05) is 18.4 Å². The second-order valence-corrected chi connectivity index (χ2v) is 9.15. The molecule has 1 amide bonds. The summed E-state index contributed by atoms with van der Waals surface area (Å²) in [4.78, 5) is 24.1. The van der Waals surface area contributed by atoms with E-state index in [1.807, 2.05) is 0 Å². The van der Waals surface area contributed by atoms with Crippen molar-refractivity contribution in [3.63, 3.8) is 0 Å². The molecule has 0 saturated heterocycles. The van der Waals surface area contributed by atoms with Crippen molar-refractivity contribution in [2.24, 2.45) is 0 Å². The smallest absolute Gasteiger partial charge is 0.338 e. The molecule has 2 aromatic rings. The number of sulfonamides is 1. The van der Waals surface area contributed by atoms with Gasteiger partial charge in [0.05, 0.1) is 16.3 Å². The maximum Gasteiger partial charge on any atom is 0.338 e. The molecule has 0 spiro atoms. The second kappa shape index (κ2) is 10.4. The first-order valence-electron chi connectivity index (χ1n) is 9.27. The average molecular weight is 491 g/mol. The van der Waals surface area contributed by atoms with Crippen LogP contribution in [0.2, 0.25) is 10.0 Å². The van der Waals surface area contributed by atoms with Gasteiger partial charge in [-0.1, -0.05) is 37.0 Å². The normalized spacial score (nSPS) is 12.5. The van der Waals surface area contributed by atoms with Crippen molar-refractivity contribution >= 4 is 50.8 Å². The Kier molecular flexibility index (Phi) is 8.41. The van der Waals surface area contributed by atoms with Gasteiger partial charge in [0.15, 0.2) is 6.10 Å². The molecule has 0 aromatic heterocycles. The van der Waals surface area contributed by atoms with Gasteiger partial charge in [-0.15, -0.1) is 0 Å². The van der Waals surface area contributed by atoms with Gasteiger partial charge in [-0.25, -0.2) is 17.6 Å². The molecule has 168 valence electrons. The van der Waals surface area contributed by atoms with Crippen molar-refractivity contribution in [3.05, 3.63) is 57.8 Å². The topological polar surface area (TPSA) is 92.8 Å². The van der Waals surface area contributed by atoms with Gasteiger partial charge in [0.1, 0.15) is 10.7 Å². The van der Waals surface area contributed by atoms with Gasteiger partial charge < -0.3 is 10.1 Å². The predicted molar refractivity (Wildman–Crippen MR) is 116 cm³/mol. The van der Waals surface area contributed by atoms with Crippen LogP contribution in [0.1, 0.15) is 31.1 Å². The molecule has 0 aliphatic heterocycles. The Labute approximate surface area is 190 Å². The molecule has 7 nitrogen and oxygen atoms in total. The van der Waals surface area contributed by atoms with E-state index in [9.17, 15) is 22.4 Å². The lowest BCUT2D eigenvalue weighted by molar-refractivity contribution is -0.123. The van der Waals surface area contributed by atoms with Gasteiger partial charge >= 0.3 is 5.97 Å². The summed E-state index contributed by atoms with van der Waals surface area (Å²) in [6.07, 6.45) is -1.24. The molecule has 0 aliphatic rings. The van der Waals surface area contributed by atoms with Gasteiger partial charge in [0.25, 0.3) is 5.91 Å². The number of halogens is 3. The van der Waals surface area contributed by atoms with Crippen LogP contribution >= 0.6 is 23.2 Å². The van der Waals surface area contributed by atoms with E-state index in [1.165, 1.54) is 25.1 Å². The van der Waals surface area contributed by atoms with Crippen molar-refractivity contribution in [1.29, 1.82) is 0 Å². The highest BCUT2D eigenvalue weighted by molar-refractivity contribution is 7.89. The van der Waals surface area contributed by atoms with Crippen molar-refractivity contribution < 1.29 is 27.1 Å². The van der Waals surface area contributed by atoms with E-state index in [0.717, 1.165) is 22.5 Å². The molecular formula is C20H21Cl2FN2O5S. The number of benzene rings is 2. The van der Waals surface area contributed by atoms with Gasteiger partial charge in [-0.2, -0.15) is 4.31 Å². The molecule has 0 heterocycles. The molecule has 2 rings (SSSR count). The second-order valence-electron chi connectivity index (χ2n) is 6.40. The van der Waals surface area contributed by atoms with Crippen LogP contribution in [0, 0.1) is 5.82 Å². The molecule has 0 bridgehead atoms. The molecule has 0 aliphatic carbocycles. The highest BCUT2D eigenvalue weighted by Gasteiger charge is 2.27. The van der Waals surface area contributed by atoms with E-state index >= 15 is 0 Å². The molecule has 1 unspecified atom stereocenters. The number of carbonyl (C=O) groups excluding carboxylic acids is 2. The summed E-state index contributed by atoms with van der Waals surface area (Å²) in [7, 11) is -4.14. The highest BCUT2D eigenvalue weighted by atomic mass is 35.5. The van der Waals surface area contributed by atoms with Crippen molar-refractivity contribution in [2.45, 2.75) is 31.8 Å². The number of carbonyl (C=O) groups is 2. The van der Waals surface area contributed by atoms with Crippen LogP contribution in [0.4, 0.5) is 10.1 Å². The fourth-order valence-electron chi connectivity index (χ4n) is 2.64. The average Bonchev–Trinajstić information content (AvgIpc) is 2.70. The maximum atomic E-state index is 14.2. The minimum atomic E-state index is -4.14. The Hall–Kier alpha value is -2.20. The minimum absolute atomic E-state index is 0.136. The Morgan fingerprint density at radius 3 is 2.35 bits per heavy atom. The van der Waals surface area contributed by atoms with Crippen LogP contribution < -0.4 is 5.32 Å². The molecule has 0 saturated carbocycles. The van der Waals surface area contributed by atoms with Crippen LogP contribution in [-0.2, 0) is 19.6 Å². The van der Waals surface area contributed by atoms with Gasteiger partial charge in [-0.05, 0) is 43.3 Å². The summed E-state index contributed by atoms with van der Waals surface area (Å²) >= 11 is 11.8. The van der Waals surface area contributed by atoms with Crippen molar-refractivity contribution in [3.8, 4) is 0 Å². The Morgan fingerprint density at radius 1 is 1.13 bits per heavy atom. The fraction of sp³-hybridized carbons (Fsp3) is 0.300. The Balaban J connectivity index is 2.19. The molecule has 0 fully saturated rings. The number of ether oxygens (including phenoxy) is 1. The molecule has 31 heavy (non-hydrogen) atoms. The van der Waals surface area contributed by atoms with E-state index in [1.54, 1.807) is 13.8 Å². The van der Waals surface area contributed by atoms with Gasteiger partial charge in [0.2, 0.25) is 10.0 Å². The first kappa shape index (κ1) is 25.1. The van der Waals surface area contributed by atoms with Crippen molar-refractivity contribution in [1.82, 2.24) is 4.31 Å². The molecular weight excluding hydrogens is 470 g/mol. The molecule has 1 N–H and O–H groups in total. The number of nitrogens with zero attached hydrogens (tertiary/aromatic N) is 1. The standard InChI is InChI=1S/C20H21Cl2FN2O5S/c1-4-25(5-2)31(28,29)18-10-13(6-8-16(18)23)20(27)30-12(3)19(26)24-17-9-7-14(21)11-15(17)22/h6-12H,4-5H2,1-3H3,(H,24,26). The van der Waals surface area contributed by atoms with Crippen LogP contribution in [0.5, 0.6) is 0 Å². The summed E-state index contributed by atoms with van der Waals surface area (Å²) < 4.78 is 45.6. The molecule has 0 radical (unpaired) electrons. The van der Waals surface area contributed by atoms with E-state index in [4.69, 9.17) is 27.9 Å². The SMILES string of the molecule is CCN(CC)S(=O)(=O)c1cc(C(=O)OC(C)C(=O)Nc2ccc(Cl)cc2Cl)ccc1F. The van der Waals surface area contributed by atoms with Crippen LogP contribution in [0.15, 0.2) is 41.3 Å². The third-order valence-electron chi connectivity index (χ3n) is 4.33. The lowest BCUT2D eigenvalue weighted by Gasteiger charge is -2.19. The van der Waals surface area contributed by atoms with Crippen LogP contribution in [0.3, 0.4) is 0 Å². The number of rotatable bonds is 8. The predicted octanol–water partition coefficient (Wildman–Crippen LogP) is 4.35. The maximum absolute atomic E-state index is 14.2. The largest absolute Gasteiger partial charge is 0.449 e. The number of esters is 1. The summed E-state index contributed by atoms with van der Waals surface area (Å²) in [5.41, 5.74) is 0.0599. The molecule has 1 atom stereocenters. The van der Waals surface area contributed by atoms with Crippen LogP contribution in [-0.4, -0.2) is 43.8 Å². The zero-order valence-electron chi connectivity index (χ0n) is 17.0. The van der Waals surface area contributed by atoms with Gasteiger partial charge in [-0.3, -0.25) is 4.79 Å². The third kappa shape index (κ3) is 5.94. The number of nitrogens with one attached hydrogen (secondary N) is 1. The summed E-state index contributed by atoms with van der Waals surface area (Å²) in [5.74, 6) is -2.65. The Bertz CT molecular complexity index is 1090. The zero-order valence-corrected chi connectivity index (χ0v) is 19.3. The number of hydrogen-bond donors (Lipinski definition) is 1. The summed E-state index contributed by atoms with van der Waals surface area (Å²) in [5, 5.41) is 3.08. The van der Waals surface area contributed by atoms with Crippen LogP contribution in [0.25, 0.3) is 0 Å². The first-order valence-corrected chi connectivity index (χ1v) is 11.5. The lowest BCUT2D eigenvalue weighted by Crippen LogP contribution is -2.32. The zero-order chi connectivity index (χ0) is 23.3. The highest BCUT2D eigenvalue weighted by Crippen LogP contribution is 2.26. The fourth-order valence-corrected chi connectivity index (χ4v) is 4.64. The Morgan fingerprint density at radius 2 is 1.77 bits per heavy atom. The quantitative estimate of drug-likeness (QED) is 0.555. The minimum Gasteiger partial charge on any atom is -0.449 e. The first-order chi connectivity index (χ1) is 14.5. The van der Waals surface area contributed by atoms with E-state index in [0.29, 0.717) is 5.02 Å². The summed E-state index contributed by atoms with van der Waals surface area (Å²) in [6.45, 7) is 4.83. The number of anilines is 1. The number of hydrogen-bond acceptors (Lipinski definition) is 5. The lowest BCUT2D eigenvalue weighted by atomic mass is 10.2. The van der Waals surface area contributed by atoms with E-state index < -0.39 is 38.7 Å². The van der Waals surface area contributed by atoms with E-state index in [2.05, 4.69) is 5.32 Å². The molecule has 2 aromatic carbocycles. The van der Waals surface area contributed by atoms with Gasteiger partial charge in [0, 0.05) is 18.1 Å². The number of amides is 1.